The third-order valence-corrected chi connectivity index (χ3v) is 13.6. The highest BCUT2D eigenvalue weighted by Crippen LogP contribution is 2.65. The van der Waals surface area contributed by atoms with Crippen LogP contribution in [-0.4, -0.2) is 46.7 Å². The van der Waals surface area contributed by atoms with Gasteiger partial charge in [0.2, 0.25) is 11.8 Å². The number of amides is 2. The van der Waals surface area contributed by atoms with Crippen molar-refractivity contribution in [3.8, 4) is 11.5 Å². The summed E-state index contributed by atoms with van der Waals surface area (Å²) in [5.41, 5.74) is 1.38. The first kappa shape index (κ1) is 34.9. The van der Waals surface area contributed by atoms with Crippen LogP contribution in [0.15, 0.2) is 118 Å². The number of ketones is 2. The number of anilines is 1. The lowest BCUT2D eigenvalue weighted by Crippen LogP contribution is -2.59. The second-order valence-corrected chi connectivity index (χ2v) is 15.4. The number of phenols is 1. The van der Waals surface area contributed by atoms with E-state index in [2.05, 4.69) is 31.9 Å². The lowest BCUT2D eigenvalue weighted by atomic mass is 9.44. The van der Waals surface area contributed by atoms with Crippen molar-refractivity contribution in [2.75, 3.05) is 12.0 Å². The van der Waals surface area contributed by atoms with Crippen molar-refractivity contribution >= 4 is 72.5 Å². The Labute approximate surface area is 321 Å². The first-order valence-corrected chi connectivity index (χ1v) is 18.7. The van der Waals surface area contributed by atoms with Crippen molar-refractivity contribution in [1.82, 2.24) is 0 Å². The van der Waals surface area contributed by atoms with Crippen LogP contribution in [0.2, 0.25) is 0 Å². The van der Waals surface area contributed by atoms with Crippen LogP contribution < -0.4 is 9.64 Å². The number of methoxy groups -OCH3 is 1. The van der Waals surface area contributed by atoms with Crippen molar-refractivity contribution < 1.29 is 38.9 Å². The number of fused-ring (bicyclic) bond motifs is 4. The summed E-state index contributed by atoms with van der Waals surface area (Å²) in [7, 11) is 1.42. The van der Waals surface area contributed by atoms with E-state index in [1.165, 1.54) is 37.5 Å². The van der Waals surface area contributed by atoms with Crippen molar-refractivity contribution in [2.45, 2.75) is 24.2 Å². The predicted octanol–water partition coefficient (Wildman–Crippen LogP) is 7.65. The molecule has 0 aromatic heterocycles. The topological polar surface area (TPSA) is 138 Å². The quantitative estimate of drug-likeness (QED) is 0.149. The number of benzene rings is 4. The van der Waals surface area contributed by atoms with Gasteiger partial charge in [-0.3, -0.25) is 24.1 Å². The van der Waals surface area contributed by atoms with E-state index in [9.17, 15) is 24.6 Å². The van der Waals surface area contributed by atoms with Crippen LogP contribution >= 0.6 is 31.9 Å². The van der Waals surface area contributed by atoms with Crippen LogP contribution in [0, 0.1) is 23.7 Å². The number of phenolic OH excluding ortho intramolecular Hbond substituents is 1. The Morgan fingerprint density at radius 1 is 0.868 bits per heavy atom. The molecule has 266 valence electrons. The van der Waals surface area contributed by atoms with Gasteiger partial charge in [-0.1, -0.05) is 78.4 Å². The van der Waals surface area contributed by atoms with Crippen LogP contribution in [0.3, 0.4) is 0 Å². The number of Topliss-reactive ketones (excluding diaryl/α,β-unsaturated/α-hetero) is 1. The Morgan fingerprint density at radius 2 is 1.57 bits per heavy atom. The van der Waals surface area contributed by atoms with Gasteiger partial charge in [0.1, 0.15) is 0 Å². The second-order valence-electron chi connectivity index (χ2n) is 13.8. The lowest BCUT2D eigenvalue weighted by Gasteiger charge is -2.55. The number of carbonyl (C=O) groups is 5. The Bertz CT molecular complexity index is 2320. The fourth-order valence-electron chi connectivity index (χ4n) is 9.23. The zero-order chi connectivity index (χ0) is 37.3. The summed E-state index contributed by atoms with van der Waals surface area (Å²) in [6.45, 7) is 0. The van der Waals surface area contributed by atoms with Gasteiger partial charge >= 0.3 is 5.97 Å². The number of carbonyl (C=O) groups excluding carboxylic acids is 4. The molecule has 0 unspecified atom stereocenters. The number of halogens is 2. The normalized spacial score (nSPS) is 26.3. The van der Waals surface area contributed by atoms with Crippen molar-refractivity contribution in [1.29, 1.82) is 0 Å². The summed E-state index contributed by atoms with van der Waals surface area (Å²) in [5.74, 6) is -6.81. The lowest BCUT2D eigenvalue weighted by molar-refractivity contribution is -0.135. The molecule has 4 aromatic carbocycles. The van der Waals surface area contributed by atoms with Crippen molar-refractivity contribution in [3.63, 3.8) is 0 Å². The highest BCUT2D eigenvalue weighted by molar-refractivity contribution is 9.13. The van der Waals surface area contributed by atoms with Crippen LogP contribution in [-0.2, 0) is 24.6 Å². The van der Waals surface area contributed by atoms with Gasteiger partial charge in [0.25, 0.3) is 0 Å². The second kappa shape index (κ2) is 13.1. The van der Waals surface area contributed by atoms with E-state index >= 15 is 9.59 Å². The van der Waals surface area contributed by atoms with Crippen LogP contribution in [0.25, 0.3) is 5.57 Å². The maximum absolute atomic E-state index is 15.3. The van der Waals surface area contributed by atoms with Gasteiger partial charge in [-0.05, 0) is 97.7 Å². The Morgan fingerprint density at radius 3 is 2.25 bits per heavy atom. The minimum atomic E-state index is -1.49. The van der Waals surface area contributed by atoms with Gasteiger partial charge in [0.05, 0.1) is 40.1 Å². The Hall–Kier alpha value is -5.13. The van der Waals surface area contributed by atoms with E-state index in [1.54, 1.807) is 30.3 Å². The summed E-state index contributed by atoms with van der Waals surface area (Å²) < 4.78 is 6.33. The molecule has 6 atom stereocenters. The van der Waals surface area contributed by atoms with Crippen LogP contribution in [0.5, 0.6) is 11.5 Å². The fraction of sp³-hybridized carbons (Fsp3) is 0.214. The molecule has 53 heavy (non-hydrogen) atoms. The molecule has 1 saturated carbocycles. The molecular weight excluding hydrogens is 806 g/mol. The molecule has 0 spiro atoms. The molecule has 9 nitrogen and oxygen atoms in total. The number of hydrogen-bond acceptors (Lipinski definition) is 7. The summed E-state index contributed by atoms with van der Waals surface area (Å²) >= 11 is 7.21. The SMILES string of the molecule is COc1cc([C@H]2C3=CC[C@@H]4C(=O)N(c5cccc(C(=O)O)c5)C(=O)[C@@H]4[C@@H]3C[C@H]3C(=O)C(c4ccccc4)=CC(=O)[C@@]23c2ccccc2)c(Br)c(Br)c1O. The van der Waals surface area contributed by atoms with Crippen LogP contribution in [0.4, 0.5) is 5.69 Å². The molecule has 3 aliphatic carbocycles. The van der Waals surface area contributed by atoms with Gasteiger partial charge in [-0.25, -0.2) is 4.79 Å². The summed E-state index contributed by atoms with van der Waals surface area (Å²) in [6.07, 6.45) is 3.67. The molecule has 1 saturated heterocycles. The predicted molar refractivity (Wildman–Crippen MR) is 203 cm³/mol. The number of aromatic carboxylic acids is 1. The zero-order valence-electron chi connectivity index (χ0n) is 28.2. The largest absolute Gasteiger partial charge is 0.503 e. The Balaban J connectivity index is 1.38. The molecule has 11 heteroatoms. The van der Waals surface area contributed by atoms with Crippen molar-refractivity contribution in [2.24, 2.45) is 23.7 Å². The first-order chi connectivity index (χ1) is 25.5. The fourth-order valence-corrected chi connectivity index (χ4v) is 10.2. The number of aromatic hydroxyl groups is 1. The number of carboxylic acids is 1. The molecule has 4 aromatic rings. The van der Waals surface area contributed by atoms with E-state index in [1.807, 2.05) is 42.5 Å². The molecule has 2 amide bonds. The van der Waals surface area contributed by atoms with Crippen LogP contribution in [0.1, 0.15) is 45.8 Å². The highest BCUT2D eigenvalue weighted by atomic mass is 79.9. The number of carboxylic acid groups (broad SMARTS) is 1. The number of nitrogens with zero attached hydrogens (tertiary/aromatic N) is 1. The highest BCUT2D eigenvalue weighted by Gasteiger charge is 2.66. The molecule has 1 aliphatic heterocycles. The van der Waals surface area contributed by atoms with Gasteiger partial charge in [0, 0.05) is 21.9 Å². The summed E-state index contributed by atoms with van der Waals surface area (Å²) in [4.78, 5) is 72.1. The molecule has 2 fully saturated rings. The average Bonchev–Trinajstić information content (AvgIpc) is 3.44. The minimum Gasteiger partial charge on any atom is -0.503 e. The molecule has 0 bridgehead atoms. The average molecular weight is 838 g/mol. The van der Waals surface area contributed by atoms with E-state index in [-0.39, 0.29) is 57.2 Å². The number of rotatable bonds is 6. The third kappa shape index (κ3) is 5.11. The van der Waals surface area contributed by atoms with Gasteiger partial charge < -0.3 is 14.9 Å². The van der Waals surface area contributed by atoms with Gasteiger partial charge in [0.15, 0.2) is 23.1 Å². The van der Waals surface area contributed by atoms with E-state index in [0.717, 1.165) is 10.5 Å². The smallest absolute Gasteiger partial charge is 0.335 e. The van der Waals surface area contributed by atoms with Gasteiger partial charge in [-0.2, -0.15) is 0 Å². The summed E-state index contributed by atoms with van der Waals surface area (Å²) in [6, 6.07) is 25.6. The molecule has 4 aliphatic rings. The van der Waals surface area contributed by atoms with Gasteiger partial charge in [-0.15, -0.1) is 0 Å². The van der Waals surface area contributed by atoms with Crippen molar-refractivity contribution in [3.05, 3.63) is 140 Å². The molecule has 2 N–H and O–H groups in total. The van der Waals surface area contributed by atoms with E-state index in [0.29, 0.717) is 21.2 Å². The standard InChI is InChI=1S/C42H31Br2NO8/c1-53-31-19-29(35(43)36(44)38(31)48)34-25-15-16-26-33(40(50)45(39(26)49)24-14-8-11-22(17-24)41(51)52)28(25)18-30-37(47)27(21-9-4-2-5-10-21)20-32(46)42(30,34)23-12-6-3-7-13-23/h2-15,17,19-20,26,28,30,33-34,48H,16,18H2,1H3,(H,51,52)/t26-,28+,30-,33-,34+,42-/m0/s1. The molecular formula is C42H31Br2NO8. The Kier molecular flexibility index (Phi) is 8.61. The summed E-state index contributed by atoms with van der Waals surface area (Å²) in [5, 5.41) is 20.7. The molecule has 8 rings (SSSR count). The number of hydrogen-bond donors (Lipinski definition) is 2. The first-order valence-electron chi connectivity index (χ1n) is 17.1. The zero-order valence-corrected chi connectivity index (χ0v) is 31.3. The molecule has 1 heterocycles. The third-order valence-electron chi connectivity index (χ3n) is 11.4. The van der Waals surface area contributed by atoms with E-state index < -0.39 is 52.8 Å². The maximum atomic E-state index is 15.3. The number of allylic oxidation sites excluding steroid dienone is 4. The van der Waals surface area contributed by atoms with E-state index in [4.69, 9.17) is 4.74 Å². The monoisotopic (exact) mass is 835 g/mol. The minimum absolute atomic E-state index is 0.0644. The molecule has 0 radical (unpaired) electrons. The maximum Gasteiger partial charge on any atom is 0.335 e. The number of ether oxygens (including phenoxy) is 1. The number of imide groups is 1.